The molecule has 1 unspecified atom stereocenters. The van der Waals surface area contributed by atoms with E-state index in [4.69, 9.17) is 0 Å². The highest BCUT2D eigenvalue weighted by atomic mass is 32.2. The van der Waals surface area contributed by atoms with Gasteiger partial charge in [0.15, 0.2) is 0 Å². The molecule has 1 N–H and O–H groups in total. The zero-order chi connectivity index (χ0) is 18.6. The van der Waals surface area contributed by atoms with Crippen molar-refractivity contribution in [2.24, 2.45) is 5.92 Å². The van der Waals surface area contributed by atoms with Crippen molar-refractivity contribution < 1.29 is 13.2 Å². The van der Waals surface area contributed by atoms with Crippen molar-refractivity contribution >= 4 is 15.9 Å². The Morgan fingerprint density at radius 1 is 1.00 bits per heavy atom. The second-order valence-corrected chi connectivity index (χ2v) is 10.5. The van der Waals surface area contributed by atoms with E-state index < -0.39 is 10.0 Å². The summed E-state index contributed by atoms with van der Waals surface area (Å²) >= 11 is 0. The van der Waals surface area contributed by atoms with Gasteiger partial charge >= 0.3 is 0 Å². The van der Waals surface area contributed by atoms with Gasteiger partial charge in [0.05, 0.1) is 12.2 Å². The molecule has 2 saturated heterocycles. The molecular weight excluding hydrogens is 350 g/mol. The Balaban J connectivity index is 1.60. The van der Waals surface area contributed by atoms with E-state index in [0.717, 1.165) is 32.5 Å². The minimum atomic E-state index is -3.21. The quantitative estimate of drug-likeness (QED) is 0.785. The first kappa shape index (κ1) is 20.1. The molecule has 3 aliphatic rings. The first-order valence-electron chi connectivity index (χ1n) is 10.4. The Labute approximate surface area is 158 Å². The van der Waals surface area contributed by atoms with Gasteiger partial charge in [-0.2, -0.15) is 0 Å². The molecule has 6 nitrogen and oxygen atoms in total. The van der Waals surface area contributed by atoms with E-state index in [1.54, 1.807) is 0 Å². The molecule has 150 valence electrons. The molecule has 1 amide bonds. The normalized spacial score (nSPS) is 28.6. The van der Waals surface area contributed by atoms with Crippen molar-refractivity contribution in [1.29, 1.82) is 0 Å². The summed E-state index contributed by atoms with van der Waals surface area (Å²) in [6.07, 6.45) is 12.8. The fraction of sp³-hybridized carbons (Fsp3) is 0.947. The van der Waals surface area contributed by atoms with Crippen molar-refractivity contribution in [3.8, 4) is 0 Å². The zero-order valence-corrected chi connectivity index (χ0v) is 17.0. The van der Waals surface area contributed by atoms with Crippen LogP contribution in [0, 0.1) is 5.92 Å². The van der Waals surface area contributed by atoms with Gasteiger partial charge in [0.2, 0.25) is 15.9 Å². The van der Waals surface area contributed by atoms with Gasteiger partial charge in [0.1, 0.15) is 0 Å². The fourth-order valence-corrected chi connectivity index (χ4v) is 5.95. The number of rotatable bonds is 5. The molecule has 26 heavy (non-hydrogen) atoms. The number of likely N-dealkylation sites (tertiary alicyclic amines) is 1. The molecule has 0 bridgehead atoms. The van der Waals surface area contributed by atoms with E-state index in [9.17, 15) is 13.2 Å². The summed E-state index contributed by atoms with van der Waals surface area (Å²) in [5, 5.41) is 3.23. The Morgan fingerprint density at radius 3 is 2.31 bits per heavy atom. The van der Waals surface area contributed by atoms with Crippen molar-refractivity contribution in [2.45, 2.75) is 69.7 Å². The maximum atomic E-state index is 12.8. The summed E-state index contributed by atoms with van der Waals surface area (Å²) in [7, 11) is -3.21. The number of carbonyl (C=O) groups excluding carboxylic acids is 1. The summed E-state index contributed by atoms with van der Waals surface area (Å²) in [5.74, 6) is -0.166. The number of nitrogens with zero attached hydrogens (tertiary/aromatic N) is 2. The van der Waals surface area contributed by atoms with Crippen LogP contribution < -0.4 is 5.32 Å². The minimum Gasteiger partial charge on any atom is -0.354 e. The van der Waals surface area contributed by atoms with Crippen LogP contribution in [-0.4, -0.2) is 68.0 Å². The van der Waals surface area contributed by atoms with Crippen LogP contribution in [0.5, 0.6) is 0 Å². The lowest BCUT2D eigenvalue weighted by molar-refractivity contribution is -0.127. The Hall–Kier alpha value is -0.660. The van der Waals surface area contributed by atoms with Gasteiger partial charge in [-0.15, -0.1) is 0 Å². The molecular formula is C19H35N3O3S. The van der Waals surface area contributed by atoms with Crippen LogP contribution in [0.25, 0.3) is 0 Å². The highest BCUT2D eigenvalue weighted by Crippen LogP contribution is 2.35. The van der Waals surface area contributed by atoms with Gasteiger partial charge in [0.25, 0.3) is 0 Å². The first-order valence-corrected chi connectivity index (χ1v) is 12.2. The zero-order valence-electron chi connectivity index (χ0n) is 16.2. The second-order valence-electron chi connectivity index (χ2n) is 8.51. The molecule has 0 aromatic carbocycles. The lowest BCUT2D eigenvalue weighted by Crippen LogP contribution is -2.59. The van der Waals surface area contributed by atoms with E-state index in [0.29, 0.717) is 13.1 Å². The molecule has 3 rings (SSSR count). The van der Waals surface area contributed by atoms with Gasteiger partial charge in [0, 0.05) is 25.2 Å². The lowest BCUT2D eigenvalue weighted by Gasteiger charge is -2.48. The Bertz CT molecular complexity index is 581. The van der Waals surface area contributed by atoms with Gasteiger partial charge in [-0.05, 0) is 51.6 Å². The first-order chi connectivity index (χ1) is 12.4. The average Bonchev–Trinajstić information content (AvgIpc) is 2.67. The largest absolute Gasteiger partial charge is 0.354 e. The topological polar surface area (TPSA) is 69.7 Å². The summed E-state index contributed by atoms with van der Waals surface area (Å²) in [5.41, 5.74) is 0.125. The van der Waals surface area contributed by atoms with Crippen molar-refractivity contribution in [1.82, 2.24) is 14.5 Å². The van der Waals surface area contributed by atoms with Crippen LogP contribution in [0.4, 0.5) is 0 Å². The summed E-state index contributed by atoms with van der Waals surface area (Å²) in [6, 6.07) is 0. The SMILES string of the molecule is CS(=O)(=O)N1CCCC(C(=O)NCC2(N3CCCCC3)CCCCC2)C1. The standard InChI is InChI=1S/C19H35N3O3S/c1-26(24,25)22-14-8-9-17(15-22)18(23)20-16-19(10-4-2-5-11-19)21-12-6-3-7-13-21/h17H,2-16H2,1H3,(H,20,23). The number of carbonyl (C=O) groups is 1. The average molecular weight is 386 g/mol. The van der Waals surface area contributed by atoms with Gasteiger partial charge in [-0.3, -0.25) is 9.69 Å². The molecule has 0 spiro atoms. The number of nitrogens with one attached hydrogen (secondary N) is 1. The van der Waals surface area contributed by atoms with Gasteiger partial charge in [-0.25, -0.2) is 12.7 Å². The Morgan fingerprint density at radius 2 is 1.65 bits per heavy atom. The molecule has 1 aliphatic carbocycles. The summed E-state index contributed by atoms with van der Waals surface area (Å²) < 4.78 is 25.1. The number of hydrogen-bond acceptors (Lipinski definition) is 4. The molecule has 3 fully saturated rings. The highest BCUT2D eigenvalue weighted by molar-refractivity contribution is 7.88. The van der Waals surface area contributed by atoms with E-state index in [2.05, 4.69) is 10.2 Å². The molecule has 2 aliphatic heterocycles. The molecule has 0 radical (unpaired) electrons. The number of hydrogen-bond donors (Lipinski definition) is 1. The van der Waals surface area contributed by atoms with Crippen LogP contribution in [0.15, 0.2) is 0 Å². The highest BCUT2D eigenvalue weighted by Gasteiger charge is 2.39. The minimum absolute atomic E-state index is 0.0420. The van der Waals surface area contributed by atoms with Gasteiger partial charge in [-0.1, -0.05) is 25.7 Å². The smallest absolute Gasteiger partial charge is 0.224 e. The third-order valence-corrected chi connectivity index (χ3v) is 7.90. The van der Waals surface area contributed by atoms with E-state index in [-0.39, 0.29) is 17.4 Å². The van der Waals surface area contributed by atoms with Crippen molar-refractivity contribution in [2.75, 3.05) is 39.0 Å². The van der Waals surface area contributed by atoms with Crippen LogP contribution in [-0.2, 0) is 14.8 Å². The maximum Gasteiger partial charge on any atom is 0.224 e. The predicted octanol–water partition coefficient (Wildman–Crippen LogP) is 1.96. The molecule has 2 heterocycles. The molecule has 0 aromatic rings. The lowest BCUT2D eigenvalue weighted by atomic mass is 9.79. The van der Waals surface area contributed by atoms with E-state index in [1.165, 1.54) is 61.9 Å². The number of sulfonamides is 1. The van der Waals surface area contributed by atoms with Crippen LogP contribution >= 0.6 is 0 Å². The van der Waals surface area contributed by atoms with Crippen LogP contribution in [0.3, 0.4) is 0 Å². The summed E-state index contributed by atoms with van der Waals surface area (Å²) in [6.45, 7) is 3.91. The van der Waals surface area contributed by atoms with E-state index >= 15 is 0 Å². The molecule has 1 atom stereocenters. The maximum absolute atomic E-state index is 12.8. The van der Waals surface area contributed by atoms with E-state index in [1.807, 2.05) is 0 Å². The Kier molecular flexibility index (Phi) is 6.62. The van der Waals surface area contributed by atoms with Crippen LogP contribution in [0.1, 0.15) is 64.2 Å². The summed E-state index contributed by atoms with van der Waals surface area (Å²) in [4.78, 5) is 15.4. The molecule has 0 aromatic heterocycles. The third-order valence-electron chi connectivity index (χ3n) is 6.63. The van der Waals surface area contributed by atoms with Gasteiger partial charge < -0.3 is 5.32 Å². The number of amides is 1. The molecule has 1 saturated carbocycles. The molecule has 7 heteroatoms. The van der Waals surface area contributed by atoms with Crippen molar-refractivity contribution in [3.63, 3.8) is 0 Å². The van der Waals surface area contributed by atoms with Crippen molar-refractivity contribution in [3.05, 3.63) is 0 Å². The third kappa shape index (κ3) is 4.78. The monoisotopic (exact) mass is 385 g/mol. The number of piperidine rings is 2. The predicted molar refractivity (Wildman–Crippen MR) is 103 cm³/mol. The fourth-order valence-electron chi connectivity index (χ4n) is 5.04. The second kappa shape index (κ2) is 8.57. The van der Waals surface area contributed by atoms with Crippen LogP contribution in [0.2, 0.25) is 0 Å².